The molecule has 1 aromatic heterocycles. The first-order valence-electron chi connectivity index (χ1n) is 10.3. The summed E-state index contributed by atoms with van der Waals surface area (Å²) in [5.41, 5.74) is 3.52. The second kappa shape index (κ2) is 9.79. The van der Waals surface area contributed by atoms with Crippen LogP contribution >= 0.6 is 0 Å². The zero-order valence-electron chi connectivity index (χ0n) is 17.7. The normalized spacial score (nSPS) is 11.3. The summed E-state index contributed by atoms with van der Waals surface area (Å²) in [5, 5.41) is 9.56. The van der Waals surface area contributed by atoms with Gasteiger partial charge in [-0.1, -0.05) is 60.7 Å². The first kappa shape index (κ1) is 21.1. The minimum atomic E-state index is -0.964. The Morgan fingerprint density at radius 1 is 0.969 bits per heavy atom. The Morgan fingerprint density at radius 2 is 1.62 bits per heavy atom. The molecule has 1 N–H and O–H groups in total. The zero-order chi connectivity index (χ0) is 22.3. The molecular formula is C27H23NO4. The molecule has 4 aromatic rings. The number of aromatic nitrogens is 1. The number of aryl methyl sites for hydroxylation is 1. The Bertz CT molecular complexity index is 1210. The fraction of sp³-hybridized carbons (Fsp3) is 0.111. The lowest BCUT2D eigenvalue weighted by molar-refractivity contribution is -0.130. The van der Waals surface area contributed by atoms with Gasteiger partial charge in [0.15, 0.2) is 0 Å². The number of aliphatic carboxylic acids is 1. The lowest BCUT2D eigenvalue weighted by Gasteiger charge is -2.06. The van der Waals surface area contributed by atoms with Gasteiger partial charge in [0, 0.05) is 12.0 Å². The minimum absolute atomic E-state index is 0.245. The van der Waals surface area contributed by atoms with Crippen LogP contribution in [0.4, 0.5) is 0 Å². The Morgan fingerprint density at radius 3 is 2.28 bits per heavy atom. The Labute approximate surface area is 186 Å². The van der Waals surface area contributed by atoms with Gasteiger partial charge in [0.1, 0.15) is 11.5 Å². The van der Waals surface area contributed by atoms with Gasteiger partial charge < -0.3 is 14.3 Å². The molecule has 4 rings (SSSR count). The van der Waals surface area contributed by atoms with Crippen molar-refractivity contribution in [1.29, 1.82) is 0 Å². The Balaban J connectivity index is 1.39. The number of benzene rings is 3. The lowest BCUT2D eigenvalue weighted by Crippen LogP contribution is -2.03. The second-order valence-electron chi connectivity index (χ2n) is 7.28. The van der Waals surface area contributed by atoms with Gasteiger partial charge in [-0.15, -0.1) is 0 Å². The molecule has 0 aliphatic carbocycles. The quantitative estimate of drug-likeness (QED) is 0.281. The van der Waals surface area contributed by atoms with E-state index in [1.807, 2.05) is 79.7 Å². The molecular weight excluding hydrogens is 402 g/mol. The van der Waals surface area contributed by atoms with Crippen LogP contribution in [-0.4, -0.2) is 22.7 Å². The van der Waals surface area contributed by atoms with E-state index in [0.717, 1.165) is 22.6 Å². The maximum atomic E-state index is 11.7. The molecule has 0 atom stereocenters. The summed E-state index contributed by atoms with van der Waals surface area (Å²) in [5.74, 6) is 1.15. The van der Waals surface area contributed by atoms with Gasteiger partial charge in [0.2, 0.25) is 5.89 Å². The summed E-state index contributed by atoms with van der Waals surface area (Å²) in [7, 11) is 0. The monoisotopic (exact) mass is 425 g/mol. The maximum absolute atomic E-state index is 11.7. The van der Waals surface area contributed by atoms with Crippen LogP contribution < -0.4 is 4.74 Å². The molecule has 0 fully saturated rings. The van der Waals surface area contributed by atoms with Gasteiger partial charge in [-0.3, -0.25) is 0 Å². The molecule has 0 bridgehead atoms. The van der Waals surface area contributed by atoms with Gasteiger partial charge >= 0.3 is 5.97 Å². The molecule has 32 heavy (non-hydrogen) atoms. The number of carboxylic acids is 1. The van der Waals surface area contributed by atoms with Crippen LogP contribution in [0.2, 0.25) is 0 Å². The van der Waals surface area contributed by atoms with Crippen molar-refractivity contribution in [3.8, 4) is 17.2 Å². The highest BCUT2D eigenvalue weighted by molar-refractivity contribution is 6.20. The second-order valence-corrected chi connectivity index (χ2v) is 7.28. The van der Waals surface area contributed by atoms with E-state index >= 15 is 0 Å². The van der Waals surface area contributed by atoms with Crippen LogP contribution in [0.5, 0.6) is 5.75 Å². The van der Waals surface area contributed by atoms with Crippen molar-refractivity contribution in [3.63, 3.8) is 0 Å². The molecule has 0 saturated carbocycles. The van der Waals surface area contributed by atoms with Gasteiger partial charge in [0.05, 0.1) is 17.9 Å². The molecule has 0 amide bonds. The van der Waals surface area contributed by atoms with Gasteiger partial charge in [-0.25, -0.2) is 9.78 Å². The van der Waals surface area contributed by atoms with Crippen LogP contribution in [-0.2, 0) is 11.2 Å². The zero-order valence-corrected chi connectivity index (χ0v) is 17.7. The average molecular weight is 425 g/mol. The first-order valence-corrected chi connectivity index (χ1v) is 10.3. The van der Waals surface area contributed by atoms with Crippen LogP contribution in [0.3, 0.4) is 0 Å². The summed E-state index contributed by atoms with van der Waals surface area (Å²) in [6.45, 7) is 2.36. The SMILES string of the molecule is Cc1oc(-c2ccccc2)nc1CCOc1ccc(/C=C(/C(=O)O)c2ccccc2)cc1. The topological polar surface area (TPSA) is 72.6 Å². The summed E-state index contributed by atoms with van der Waals surface area (Å²) >= 11 is 0. The van der Waals surface area contributed by atoms with E-state index < -0.39 is 5.97 Å². The summed E-state index contributed by atoms with van der Waals surface area (Å²) in [6, 6.07) is 26.2. The number of oxazole rings is 1. The lowest BCUT2D eigenvalue weighted by atomic mass is 10.0. The van der Waals surface area contributed by atoms with Crippen molar-refractivity contribution in [3.05, 3.63) is 108 Å². The van der Waals surface area contributed by atoms with E-state index in [1.54, 1.807) is 18.2 Å². The summed E-state index contributed by atoms with van der Waals surface area (Å²) < 4.78 is 11.6. The standard InChI is InChI=1S/C27H23NO4/c1-19-25(28-26(32-19)22-10-6-3-7-11-22)16-17-31-23-14-12-20(13-15-23)18-24(27(29)30)21-8-4-2-5-9-21/h2-15,18H,16-17H2,1H3,(H,29,30)/b24-18+. The number of carbonyl (C=O) groups is 1. The third-order valence-electron chi connectivity index (χ3n) is 5.03. The first-order chi connectivity index (χ1) is 15.6. The smallest absolute Gasteiger partial charge is 0.336 e. The van der Waals surface area contributed by atoms with Crippen LogP contribution in [0, 0.1) is 6.92 Å². The third kappa shape index (κ3) is 5.13. The van der Waals surface area contributed by atoms with Gasteiger partial charge in [-0.2, -0.15) is 0 Å². The fourth-order valence-electron chi connectivity index (χ4n) is 3.34. The van der Waals surface area contributed by atoms with Crippen molar-refractivity contribution in [2.75, 3.05) is 6.61 Å². The van der Waals surface area contributed by atoms with E-state index in [2.05, 4.69) is 4.98 Å². The fourth-order valence-corrected chi connectivity index (χ4v) is 3.34. The predicted octanol–water partition coefficient (Wildman–Crippen LogP) is 5.90. The highest BCUT2D eigenvalue weighted by Gasteiger charge is 2.12. The van der Waals surface area contributed by atoms with E-state index in [0.29, 0.717) is 30.2 Å². The molecule has 0 aliphatic rings. The summed E-state index contributed by atoms with van der Waals surface area (Å²) in [4.78, 5) is 16.3. The minimum Gasteiger partial charge on any atom is -0.493 e. The van der Waals surface area contributed by atoms with E-state index in [9.17, 15) is 9.90 Å². The van der Waals surface area contributed by atoms with Crippen molar-refractivity contribution < 1.29 is 19.1 Å². The van der Waals surface area contributed by atoms with Gasteiger partial charge in [-0.05, 0) is 48.4 Å². The van der Waals surface area contributed by atoms with Crippen LogP contribution in [0.15, 0.2) is 89.3 Å². The molecule has 0 radical (unpaired) electrons. The predicted molar refractivity (Wildman–Crippen MR) is 124 cm³/mol. The molecule has 160 valence electrons. The van der Waals surface area contributed by atoms with Crippen LogP contribution in [0.1, 0.15) is 22.6 Å². The molecule has 3 aromatic carbocycles. The molecule has 0 aliphatic heterocycles. The van der Waals surface area contributed by atoms with Gasteiger partial charge in [0.25, 0.3) is 0 Å². The number of nitrogens with zero attached hydrogens (tertiary/aromatic N) is 1. The largest absolute Gasteiger partial charge is 0.493 e. The average Bonchev–Trinajstić information content (AvgIpc) is 3.20. The third-order valence-corrected chi connectivity index (χ3v) is 5.03. The van der Waals surface area contributed by atoms with E-state index in [1.165, 1.54) is 0 Å². The molecule has 0 spiro atoms. The highest BCUT2D eigenvalue weighted by Crippen LogP contribution is 2.23. The number of hydrogen-bond donors (Lipinski definition) is 1. The molecule has 5 nitrogen and oxygen atoms in total. The highest BCUT2D eigenvalue weighted by atomic mass is 16.5. The van der Waals surface area contributed by atoms with Crippen LogP contribution in [0.25, 0.3) is 23.1 Å². The van der Waals surface area contributed by atoms with Crippen molar-refractivity contribution in [1.82, 2.24) is 4.98 Å². The van der Waals surface area contributed by atoms with Crippen molar-refractivity contribution in [2.24, 2.45) is 0 Å². The Hall–Kier alpha value is -4.12. The van der Waals surface area contributed by atoms with E-state index in [-0.39, 0.29) is 5.57 Å². The molecule has 1 heterocycles. The number of rotatable bonds is 8. The van der Waals surface area contributed by atoms with Crippen molar-refractivity contribution >= 4 is 17.6 Å². The summed E-state index contributed by atoms with van der Waals surface area (Å²) in [6.07, 6.45) is 2.28. The van der Waals surface area contributed by atoms with Crippen molar-refractivity contribution in [2.45, 2.75) is 13.3 Å². The number of ether oxygens (including phenoxy) is 1. The maximum Gasteiger partial charge on any atom is 0.336 e. The Kier molecular flexibility index (Phi) is 6.46. The molecule has 5 heteroatoms. The van der Waals surface area contributed by atoms with E-state index in [4.69, 9.17) is 9.15 Å². The molecule has 0 saturated heterocycles. The number of hydrogen-bond acceptors (Lipinski definition) is 4. The molecule has 0 unspecified atom stereocenters. The number of carboxylic acid groups (broad SMARTS) is 1.